The van der Waals surface area contributed by atoms with Crippen LogP contribution in [0.15, 0.2) is 63.6 Å². The van der Waals surface area contributed by atoms with Crippen LogP contribution in [0.1, 0.15) is 31.0 Å². The molecule has 8 heteroatoms. The Morgan fingerprint density at radius 3 is 2.62 bits per heavy atom. The van der Waals surface area contributed by atoms with Crippen LogP contribution in [0.5, 0.6) is 17.2 Å². The molecule has 0 bridgehead atoms. The number of fused-ring (bicyclic) bond motifs is 1. The summed E-state index contributed by atoms with van der Waals surface area (Å²) in [7, 11) is 4.88. The lowest BCUT2D eigenvalue weighted by Gasteiger charge is -2.34. The van der Waals surface area contributed by atoms with Gasteiger partial charge in [-0.2, -0.15) is 0 Å². The number of ether oxygens (including phenoxy) is 4. The molecule has 2 aromatic rings. The Balaban J connectivity index is 1.72. The fraction of sp³-hybridized carbons (Fsp3) is 0.308. The Morgan fingerprint density at radius 2 is 1.91 bits per heavy atom. The van der Waals surface area contributed by atoms with Gasteiger partial charge in [0.15, 0.2) is 16.7 Å². The van der Waals surface area contributed by atoms with Gasteiger partial charge in [0.25, 0.3) is 0 Å². The van der Waals surface area contributed by atoms with Crippen molar-refractivity contribution in [2.24, 2.45) is 4.99 Å². The lowest BCUT2D eigenvalue weighted by molar-refractivity contribution is -0.139. The van der Waals surface area contributed by atoms with E-state index >= 15 is 0 Å². The molecule has 0 aliphatic carbocycles. The molecule has 1 atom stereocenters. The van der Waals surface area contributed by atoms with Crippen LogP contribution in [-0.2, 0) is 9.53 Å². The van der Waals surface area contributed by atoms with E-state index in [4.69, 9.17) is 23.9 Å². The molecule has 178 valence electrons. The molecule has 34 heavy (non-hydrogen) atoms. The number of hydrogen-bond donors (Lipinski definition) is 0. The molecular weight excluding hydrogens is 452 g/mol. The molecule has 2 aliphatic heterocycles. The second-order valence-corrected chi connectivity index (χ2v) is 8.84. The standard InChI is InChI=1S/C26H28N2O5S/c1-6-33-25(29)23-16(2)27-26-28(24(23)18-8-7-9-19(14-18)30-3)15-20(34-26)12-17-10-11-21(31-4)22(13-17)32-5/h7-14,24H,6,15H2,1-5H3. The van der Waals surface area contributed by atoms with E-state index in [9.17, 15) is 4.79 Å². The van der Waals surface area contributed by atoms with Gasteiger partial charge in [0.05, 0.1) is 51.8 Å². The largest absolute Gasteiger partial charge is 0.497 e. The number of rotatable bonds is 7. The van der Waals surface area contributed by atoms with Gasteiger partial charge in [0.2, 0.25) is 0 Å². The topological polar surface area (TPSA) is 69.6 Å². The van der Waals surface area contributed by atoms with Crippen LogP contribution >= 0.6 is 11.8 Å². The molecule has 7 nitrogen and oxygen atoms in total. The van der Waals surface area contributed by atoms with E-state index in [1.54, 1.807) is 33.1 Å². The third kappa shape index (κ3) is 4.63. The molecule has 0 saturated carbocycles. The van der Waals surface area contributed by atoms with Gasteiger partial charge >= 0.3 is 5.97 Å². The first-order valence-electron chi connectivity index (χ1n) is 11.0. The summed E-state index contributed by atoms with van der Waals surface area (Å²) in [6.45, 7) is 4.58. The summed E-state index contributed by atoms with van der Waals surface area (Å²) in [6, 6.07) is 13.3. The molecule has 2 aromatic carbocycles. The quantitative estimate of drug-likeness (QED) is 0.514. The maximum absolute atomic E-state index is 13.0. The highest BCUT2D eigenvalue weighted by Crippen LogP contribution is 2.45. The molecule has 2 aliphatic rings. The van der Waals surface area contributed by atoms with Gasteiger partial charge in [-0.05, 0) is 55.3 Å². The molecule has 1 saturated heterocycles. The van der Waals surface area contributed by atoms with E-state index in [1.807, 2.05) is 56.3 Å². The summed E-state index contributed by atoms with van der Waals surface area (Å²) >= 11 is 1.60. The molecule has 0 radical (unpaired) electrons. The molecule has 4 rings (SSSR count). The van der Waals surface area contributed by atoms with Crippen molar-refractivity contribution in [2.75, 3.05) is 34.5 Å². The summed E-state index contributed by atoms with van der Waals surface area (Å²) in [6.07, 6.45) is 2.11. The number of amidine groups is 1. The SMILES string of the molecule is CCOC(=O)C1=C(C)N=C2SC(=Cc3ccc(OC)c(OC)c3)CN2C1c1cccc(OC)c1. The van der Waals surface area contributed by atoms with Crippen LogP contribution in [0, 0.1) is 0 Å². The number of aliphatic imine (C=N–C) groups is 1. The number of esters is 1. The van der Waals surface area contributed by atoms with Crippen molar-refractivity contribution in [3.63, 3.8) is 0 Å². The van der Waals surface area contributed by atoms with Crippen LogP contribution in [-0.4, -0.2) is 50.5 Å². The van der Waals surface area contributed by atoms with Gasteiger partial charge < -0.3 is 23.8 Å². The third-order valence-electron chi connectivity index (χ3n) is 5.67. The van der Waals surface area contributed by atoms with Gasteiger partial charge in [-0.1, -0.05) is 30.0 Å². The average molecular weight is 481 g/mol. The summed E-state index contributed by atoms with van der Waals surface area (Å²) in [5, 5.41) is 0.852. The number of methoxy groups -OCH3 is 3. The highest BCUT2D eigenvalue weighted by molar-refractivity contribution is 8.17. The van der Waals surface area contributed by atoms with Crippen LogP contribution in [0.3, 0.4) is 0 Å². The first-order chi connectivity index (χ1) is 16.5. The number of allylic oxidation sites excluding steroid dienone is 1. The zero-order valence-corrected chi connectivity index (χ0v) is 20.8. The third-order valence-corrected chi connectivity index (χ3v) is 6.69. The molecule has 1 fully saturated rings. The van der Waals surface area contributed by atoms with Crippen molar-refractivity contribution in [3.05, 3.63) is 69.8 Å². The Labute approximate surface area is 204 Å². The normalized spacial score (nSPS) is 18.5. The first kappa shape index (κ1) is 23.8. The van der Waals surface area contributed by atoms with Gasteiger partial charge in [0.1, 0.15) is 5.75 Å². The van der Waals surface area contributed by atoms with Crippen LogP contribution < -0.4 is 14.2 Å². The Morgan fingerprint density at radius 1 is 1.12 bits per heavy atom. The summed E-state index contributed by atoms with van der Waals surface area (Å²) in [5.74, 6) is 1.74. The van der Waals surface area contributed by atoms with E-state index in [1.165, 1.54) is 0 Å². The minimum Gasteiger partial charge on any atom is -0.497 e. The smallest absolute Gasteiger partial charge is 0.338 e. The lowest BCUT2D eigenvalue weighted by Crippen LogP contribution is -2.36. The number of benzene rings is 2. The fourth-order valence-electron chi connectivity index (χ4n) is 4.12. The zero-order chi connectivity index (χ0) is 24.2. The van der Waals surface area contributed by atoms with Crippen LogP contribution in [0.25, 0.3) is 6.08 Å². The lowest BCUT2D eigenvalue weighted by atomic mass is 9.94. The highest BCUT2D eigenvalue weighted by atomic mass is 32.2. The van der Waals surface area contributed by atoms with Crippen molar-refractivity contribution in [3.8, 4) is 17.2 Å². The minimum atomic E-state index is -0.349. The second kappa shape index (κ2) is 10.3. The molecular formula is C26H28N2O5S. The van der Waals surface area contributed by atoms with E-state index in [0.29, 0.717) is 35.9 Å². The van der Waals surface area contributed by atoms with E-state index < -0.39 is 0 Å². The van der Waals surface area contributed by atoms with E-state index in [0.717, 1.165) is 26.9 Å². The Hall–Kier alpha value is -3.39. The fourth-order valence-corrected chi connectivity index (χ4v) is 5.22. The van der Waals surface area contributed by atoms with Crippen LogP contribution in [0.4, 0.5) is 0 Å². The van der Waals surface area contributed by atoms with Crippen molar-refractivity contribution in [2.45, 2.75) is 19.9 Å². The second-order valence-electron chi connectivity index (χ2n) is 7.75. The monoisotopic (exact) mass is 480 g/mol. The number of thioether (sulfide) groups is 1. The van der Waals surface area contributed by atoms with Gasteiger partial charge in [-0.3, -0.25) is 0 Å². The predicted octanol–water partition coefficient (Wildman–Crippen LogP) is 5.05. The molecule has 0 N–H and O–H groups in total. The zero-order valence-electron chi connectivity index (χ0n) is 20.0. The van der Waals surface area contributed by atoms with Crippen molar-refractivity contribution in [1.29, 1.82) is 0 Å². The maximum Gasteiger partial charge on any atom is 0.338 e. The van der Waals surface area contributed by atoms with Gasteiger partial charge in [-0.25, -0.2) is 9.79 Å². The molecule has 2 heterocycles. The summed E-state index contributed by atoms with van der Waals surface area (Å²) in [4.78, 5) is 21.0. The predicted molar refractivity (Wildman–Crippen MR) is 134 cm³/mol. The maximum atomic E-state index is 13.0. The molecule has 1 unspecified atom stereocenters. The van der Waals surface area contributed by atoms with Crippen LogP contribution in [0.2, 0.25) is 0 Å². The Kier molecular flexibility index (Phi) is 7.17. The number of nitrogens with zero attached hydrogens (tertiary/aromatic N) is 2. The van der Waals surface area contributed by atoms with E-state index in [-0.39, 0.29) is 12.0 Å². The minimum absolute atomic E-state index is 0.302. The van der Waals surface area contributed by atoms with Crippen molar-refractivity contribution < 1.29 is 23.7 Å². The number of carbonyl (C=O) groups excluding carboxylic acids is 1. The Bertz CT molecular complexity index is 1190. The van der Waals surface area contributed by atoms with Crippen molar-refractivity contribution in [1.82, 2.24) is 4.90 Å². The van der Waals surface area contributed by atoms with Crippen molar-refractivity contribution >= 4 is 29.0 Å². The summed E-state index contributed by atoms with van der Waals surface area (Å²) < 4.78 is 21.6. The number of carbonyl (C=O) groups is 1. The van der Waals surface area contributed by atoms with Gasteiger partial charge in [0, 0.05) is 4.91 Å². The average Bonchev–Trinajstić information content (AvgIpc) is 3.24. The first-order valence-corrected chi connectivity index (χ1v) is 11.8. The number of hydrogen-bond acceptors (Lipinski definition) is 8. The van der Waals surface area contributed by atoms with E-state index in [2.05, 4.69) is 11.0 Å². The molecule has 0 amide bonds. The highest BCUT2D eigenvalue weighted by Gasteiger charge is 2.40. The summed E-state index contributed by atoms with van der Waals surface area (Å²) in [5.41, 5.74) is 3.15. The molecule has 0 spiro atoms. The van der Waals surface area contributed by atoms with Gasteiger partial charge in [-0.15, -0.1) is 0 Å². The molecule has 0 aromatic heterocycles.